The number of aliphatic imine (C=N–C) groups is 1. The van der Waals surface area contributed by atoms with Crippen molar-refractivity contribution in [3.8, 4) is 0 Å². The second-order valence-corrected chi connectivity index (χ2v) is 11.9. The fourth-order valence-corrected chi connectivity index (χ4v) is 6.46. The van der Waals surface area contributed by atoms with E-state index < -0.39 is 10.0 Å². The minimum atomic E-state index is -3.37. The molecule has 1 aromatic carbocycles. The highest BCUT2D eigenvalue weighted by molar-refractivity contribution is 14.0. The number of piperidine rings is 1. The number of halogens is 1. The summed E-state index contributed by atoms with van der Waals surface area (Å²) in [6.07, 6.45) is 1.74. The first kappa shape index (κ1) is 24.7. The van der Waals surface area contributed by atoms with Gasteiger partial charge in [-0.05, 0) is 44.7 Å². The van der Waals surface area contributed by atoms with E-state index in [9.17, 15) is 8.42 Å². The van der Waals surface area contributed by atoms with Crippen molar-refractivity contribution in [3.63, 3.8) is 0 Å². The number of nitrogens with zero attached hydrogens (tertiary/aromatic N) is 3. The van der Waals surface area contributed by atoms with Gasteiger partial charge in [0.05, 0.1) is 4.90 Å². The monoisotopic (exact) mass is 552 g/mol. The van der Waals surface area contributed by atoms with E-state index in [4.69, 9.17) is 0 Å². The third-order valence-electron chi connectivity index (χ3n) is 5.44. The third-order valence-corrected chi connectivity index (χ3v) is 8.65. The van der Waals surface area contributed by atoms with E-state index in [1.807, 2.05) is 24.9 Å². The Morgan fingerprint density at radius 3 is 2.45 bits per heavy atom. The maximum atomic E-state index is 12.8. The molecule has 0 atom stereocenters. The lowest BCUT2D eigenvalue weighted by atomic mass is 9.98. The summed E-state index contributed by atoms with van der Waals surface area (Å²) in [4.78, 5) is 7.20. The van der Waals surface area contributed by atoms with E-state index in [-0.39, 0.29) is 28.7 Å². The van der Waals surface area contributed by atoms with Gasteiger partial charge in [0.1, 0.15) is 0 Å². The molecule has 2 aliphatic rings. The molecule has 0 amide bonds. The summed E-state index contributed by atoms with van der Waals surface area (Å²) in [6, 6.07) is 8.73. The van der Waals surface area contributed by atoms with Crippen LogP contribution in [-0.4, -0.2) is 73.9 Å². The predicted molar refractivity (Wildman–Crippen MR) is 133 cm³/mol. The van der Waals surface area contributed by atoms with Gasteiger partial charge in [0.25, 0.3) is 0 Å². The van der Waals surface area contributed by atoms with Crippen LogP contribution < -0.4 is 5.32 Å². The normalized spacial score (nSPS) is 21.5. The highest BCUT2D eigenvalue weighted by Crippen LogP contribution is 2.29. The van der Waals surface area contributed by atoms with Crippen LogP contribution in [0.3, 0.4) is 0 Å². The quantitative estimate of drug-likeness (QED) is 0.354. The van der Waals surface area contributed by atoms with Gasteiger partial charge in [0.2, 0.25) is 10.0 Å². The van der Waals surface area contributed by atoms with Gasteiger partial charge in [-0.15, -0.1) is 24.0 Å². The number of guanidine groups is 1. The molecule has 2 aliphatic heterocycles. The Kier molecular flexibility index (Phi) is 9.11. The molecule has 2 saturated heterocycles. The van der Waals surface area contributed by atoms with E-state index in [1.165, 1.54) is 0 Å². The molecule has 2 heterocycles. The van der Waals surface area contributed by atoms with Gasteiger partial charge < -0.3 is 10.2 Å². The Bertz CT molecular complexity index is 779. The highest BCUT2D eigenvalue weighted by atomic mass is 127. The largest absolute Gasteiger partial charge is 0.356 e. The van der Waals surface area contributed by atoms with Crippen molar-refractivity contribution in [3.05, 3.63) is 30.3 Å². The smallest absolute Gasteiger partial charge is 0.243 e. The number of sulfonamides is 1. The fraction of sp³-hybridized carbons (Fsp3) is 0.650. The van der Waals surface area contributed by atoms with Gasteiger partial charge in [-0.25, -0.2) is 8.42 Å². The lowest BCUT2D eigenvalue weighted by molar-refractivity contribution is 0.270. The molecule has 3 rings (SSSR count). The molecule has 0 aliphatic carbocycles. The van der Waals surface area contributed by atoms with E-state index in [0.29, 0.717) is 23.9 Å². The maximum absolute atomic E-state index is 12.8. The molecule has 0 unspecified atom stereocenters. The first-order valence-corrected chi connectivity index (χ1v) is 12.4. The Hall–Kier alpha value is -0.520. The van der Waals surface area contributed by atoms with Crippen LogP contribution in [-0.2, 0) is 10.0 Å². The molecule has 6 nitrogen and oxygen atoms in total. The zero-order valence-electron chi connectivity index (χ0n) is 17.5. The summed E-state index contributed by atoms with van der Waals surface area (Å²) in [5, 5.41) is 3.53. The Balaban J connectivity index is 0.00000300. The van der Waals surface area contributed by atoms with Gasteiger partial charge in [-0.2, -0.15) is 16.1 Å². The third kappa shape index (κ3) is 6.48. The first-order chi connectivity index (χ1) is 13.3. The molecule has 1 N–H and O–H groups in total. The maximum Gasteiger partial charge on any atom is 0.243 e. The summed E-state index contributed by atoms with van der Waals surface area (Å²) in [5.41, 5.74) is 0. The molecule has 2 fully saturated rings. The van der Waals surface area contributed by atoms with E-state index in [0.717, 1.165) is 44.2 Å². The van der Waals surface area contributed by atoms with Crippen LogP contribution in [0.5, 0.6) is 0 Å². The second-order valence-electron chi connectivity index (χ2n) is 8.12. The summed E-state index contributed by atoms with van der Waals surface area (Å²) in [7, 11) is -1.53. The van der Waals surface area contributed by atoms with Crippen molar-refractivity contribution < 1.29 is 8.42 Å². The summed E-state index contributed by atoms with van der Waals surface area (Å²) in [5.74, 6) is 2.54. The number of hydrogen-bond donors (Lipinski definition) is 1. The molecule has 0 aromatic heterocycles. The van der Waals surface area contributed by atoms with Crippen LogP contribution >= 0.6 is 35.7 Å². The van der Waals surface area contributed by atoms with Crippen molar-refractivity contribution in [2.75, 3.05) is 45.5 Å². The molecule has 0 radical (unpaired) electrons. The average Bonchev–Trinajstić information content (AvgIpc) is 2.69. The lowest BCUT2D eigenvalue weighted by Gasteiger charge is -2.39. The van der Waals surface area contributed by atoms with E-state index >= 15 is 0 Å². The topological polar surface area (TPSA) is 65.0 Å². The fourth-order valence-electron chi connectivity index (χ4n) is 3.86. The molecule has 9 heteroatoms. The Labute approximate surface area is 197 Å². The van der Waals surface area contributed by atoms with Crippen molar-refractivity contribution in [1.29, 1.82) is 0 Å². The molecule has 0 spiro atoms. The van der Waals surface area contributed by atoms with Crippen molar-refractivity contribution in [1.82, 2.24) is 14.5 Å². The van der Waals surface area contributed by atoms with Gasteiger partial charge >= 0.3 is 0 Å². The minimum absolute atomic E-state index is 0. The van der Waals surface area contributed by atoms with Crippen molar-refractivity contribution in [2.24, 2.45) is 10.9 Å². The summed E-state index contributed by atoms with van der Waals surface area (Å²) in [6.45, 7) is 8.56. The van der Waals surface area contributed by atoms with Crippen LogP contribution in [0.4, 0.5) is 0 Å². The van der Waals surface area contributed by atoms with Crippen LogP contribution in [0.15, 0.2) is 40.2 Å². The number of thioether (sulfide) groups is 1. The zero-order valence-corrected chi connectivity index (χ0v) is 21.5. The molecule has 164 valence electrons. The summed E-state index contributed by atoms with van der Waals surface area (Å²) < 4.78 is 27.4. The lowest BCUT2D eigenvalue weighted by Crippen LogP contribution is -2.52. The second kappa shape index (κ2) is 10.7. The number of rotatable bonds is 4. The summed E-state index contributed by atoms with van der Waals surface area (Å²) >= 11 is 2.01. The molecule has 0 bridgehead atoms. The molecule has 0 saturated carbocycles. The Morgan fingerprint density at radius 2 is 1.86 bits per heavy atom. The van der Waals surface area contributed by atoms with Gasteiger partial charge in [0.15, 0.2) is 5.96 Å². The van der Waals surface area contributed by atoms with Crippen LogP contribution in [0.25, 0.3) is 0 Å². The van der Waals surface area contributed by atoms with Crippen LogP contribution in [0, 0.1) is 5.92 Å². The van der Waals surface area contributed by atoms with Crippen LogP contribution in [0.1, 0.15) is 26.7 Å². The molecule has 1 aromatic rings. The minimum Gasteiger partial charge on any atom is -0.356 e. The first-order valence-electron chi connectivity index (χ1n) is 9.96. The average molecular weight is 553 g/mol. The Morgan fingerprint density at radius 1 is 1.21 bits per heavy atom. The van der Waals surface area contributed by atoms with Gasteiger partial charge in [-0.1, -0.05) is 18.2 Å². The molecular weight excluding hydrogens is 519 g/mol. The molecule has 29 heavy (non-hydrogen) atoms. The van der Waals surface area contributed by atoms with Crippen molar-refractivity contribution in [2.45, 2.75) is 36.3 Å². The van der Waals surface area contributed by atoms with E-state index in [2.05, 4.69) is 29.1 Å². The highest BCUT2D eigenvalue weighted by Gasteiger charge is 2.31. The van der Waals surface area contributed by atoms with Gasteiger partial charge in [0, 0.05) is 50.3 Å². The SMILES string of the molecule is CN=C(NCC1CCN(S(=O)(=O)c2ccccc2)CC1)N1CCSC(C)(C)C1.I. The van der Waals surface area contributed by atoms with Crippen molar-refractivity contribution >= 4 is 51.7 Å². The standard InChI is InChI=1S/C20H32N4O2S2.HI/c1-20(2)16-23(13-14-27-20)19(21-3)22-15-17-9-11-24(12-10-17)28(25,26)18-7-5-4-6-8-18;/h4-8,17H,9-16H2,1-3H3,(H,21,22);1H. The van der Waals surface area contributed by atoms with E-state index in [1.54, 1.807) is 28.6 Å². The molecular formula is C20H33IN4O2S2. The zero-order chi connectivity index (χ0) is 20.2. The predicted octanol–water partition coefficient (Wildman–Crippen LogP) is 3.11. The van der Waals surface area contributed by atoms with Gasteiger partial charge in [-0.3, -0.25) is 4.99 Å². The number of benzene rings is 1. The number of nitrogens with one attached hydrogen (secondary N) is 1. The number of hydrogen-bond acceptors (Lipinski definition) is 4. The van der Waals surface area contributed by atoms with Crippen LogP contribution in [0.2, 0.25) is 0 Å².